The largest absolute Gasteiger partial charge is 0.451 e. The van der Waals surface area contributed by atoms with Crippen molar-refractivity contribution in [3.63, 3.8) is 0 Å². The van der Waals surface area contributed by atoms with Gasteiger partial charge in [0.05, 0.1) is 16.4 Å². The molecule has 35 heavy (non-hydrogen) atoms. The summed E-state index contributed by atoms with van der Waals surface area (Å²) < 4.78 is 8.18. The Morgan fingerprint density at radius 2 is 1.54 bits per heavy atom. The highest BCUT2D eigenvalue weighted by Gasteiger charge is 2.19. The summed E-state index contributed by atoms with van der Waals surface area (Å²) in [5.41, 5.74) is 3.71. The van der Waals surface area contributed by atoms with Crippen molar-refractivity contribution in [2.24, 2.45) is 0 Å². The van der Waals surface area contributed by atoms with Gasteiger partial charge >= 0.3 is 5.97 Å². The van der Waals surface area contributed by atoms with Gasteiger partial charge in [0.2, 0.25) is 0 Å². The molecule has 0 radical (unpaired) electrons. The zero-order valence-electron chi connectivity index (χ0n) is 19.8. The molecule has 0 aliphatic rings. The van der Waals surface area contributed by atoms with Crippen LogP contribution < -0.4 is 5.32 Å². The van der Waals surface area contributed by atoms with Crippen LogP contribution in [0, 0.1) is 34.6 Å². The third kappa shape index (κ3) is 5.35. The summed E-state index contributed by atoms with van der Waals surface area (Å²) >= 11 is 6.17. The first-order valence-electron chi connectivity index (χ1n) is 10.7. The van der Waals surface area contributed by atoms with Gasteiger partial charge in [-0.2, -0.15) is 14.9 Å². The van der Waals surface area contributed by atoms with Gasteiger partial charge < -0.3 is 10.1 Å². The van der Waals surface area contributed by atoms with Gasteiger partial charge in [-0.05, 0) is 58.9 Å². The third-order valence-corrected chi connectivity index (χ3v) is 5.15. The van der Waals surface area contributed by atoms with E-state index in [1.54, 1.807) is 23.7 Å². The van der Waals surface area contributed by atoms with Crippen molar-refractivity contribution in [3.05, 3.63) is 69.5 Å². The van der Waals surface area contributed by atoms with Gasteiger partial charge in [-0.3, -0.25) is 4.79 Å². The second-order valence-electron chi connectivity index (χ2n) is 8.00. The first-order valence-corrected chi connectivity index (χ1v) is 11.0. The average molecular weight is 495 g/mol. The van der Waals surface area contributed by atoms with Crippen LogP contribution in [0.15, 0.2) is 30.3 Å². The lowest BCUT2D eigenvalue weighted by Crippen LogP contribution is -2.23. The molecule has 0 saturated heterocycles. The first kappa shape index (κ1) is 24.0. The van der Waals surface area contributed by atoms with Crippen molar-refractivity contribution in [2.75, 3.05) is 11.9 Å². The minimum atomic E-state index is -0.837. The number of rotatable bonds is 6. The smallest absolute Gasteiger partial charge is 0.359 e. The summed E-state index contributed by atoms with van der Waals surface area (Å²) in [6, 6.07) is 8.55. The van der Waals surface area contributed by atoms with Crippen molar-refractivity contribution >= 4 is 29.3 Å². The number of amides is 1. The molecule has 4 heterocycles. The molecule has 4 aromatic rings. The average Bonchev–Trinajstić information content (AvgIpc) is 3.32. The summed E-state index contributed by atoms with van der Waals surface area (Å²) in [7, 11) is 0. The van der Waals surface area contributed by atoms with E-state index in [0.29, 0.717) is 23.3 Å². The predicted octanol–water partition coefficient (Wildman–Crippen LogP) is 3.23. The lowest BCUT2D eigenvalue weighted by molar-refractivity contribution is -0.119. The summed E-state index contributed by atoms with van der Waals surface area (Å²) in [6.45, 7) is 8.63. The Labute approximate surface area is 206 Å². The Kier molecular flexibility index (Phi) is 6.61. The molecule has 1 amide bonds. The summed E-state index contributed by atoms with van der Waals surface area (Å²) in [5.74, 6) is -0.342. The number of ether oxygens (including phenoxy) is 1. The Bertz CT molecular complexity index is 1420. The minimum absolute atomic E-state index is 0.0985. The van der Waals surface area contributed by atoms with E-state index in [4.69, 9.17) is 16.3 Å². The molecule has 0 spiro atoms. The van der Waals surface area contributed by atoms with E-state index in [1.807, 2.05) is 39.8 Å². The second-order valence-corrected chi connectivity index (χ2v) is 8.40. The Morgan fingerprint density at radius 1 is 0.886 bits per heavy atom. The fourth-order valence-electron chi connectivity index (χ4n) is 3.48. The molecule has 4 rings (SSSR count). The number of hydrogen-bond donors (Lipinski definition) is 1. The molecule has 0 bridgehead atoms. The molecule has 0 aliphatic heterocycles. The van der Waals surface area contributed by atoms with E-state index in [1.165, 1.54) is 10.7 Å². The number of nitrogens with one attached hydrogen (secondary N) is 1. The Hall–Kier alpha value is -4.12. The van der Waals surface area contributed by atoms with Gasteiger partial charge in [0, 0.05) is 23.1 Å². The van der Waals surface area contributed by atoms with Gasteiger partial charge in [-0.1, -0.05) is 11.6 Å². The first-order chi connectivity index (χ1) is 16.6. The van der Waals surface area contributed by atoms with Crippen LogP contribution in [0.2, 0.25) is 5.02 Å². The molecule has 11 nitrogen and oxygen atoms in total. The van der Waals surface area contributed by atoms with Crippen molar-refractivity contribution in [1.82, 2.24) is 34.5 Å². The van der Waals surface area contributed by atoms with Crippen LogP contribution in [0.4, 0.5) is 5.82 Å². The van der Waals surface area contributed by atoms with Crippen LogP contribution in [0.3, 0.4) is 0 Å². The van der Waals surface area contributed by atoms with Crippen molar-refractivity contribution < 1.29 is 14.3 Å². The molecule has 0 unspecified atom stereocenters. The van der Waals surface area contributed by atoms with E-state index in [9.17, 15) is 9.59 Å². The van der Waals surface area contributed by atoms with Crippen LogP contribution in [0.1, 0.15) is 39.0 Å². The van der Waals surface area contributed by atoms with Crippen LogP contribution in [-0.2, 0) is 9.53 Å². The molecule has 12 heteroatoms. The van der Waals surface area contributed by atoms with Crippen LogP contribution in [0.25, 0.3) is 11.8 Å². The van der Waals surface area contributed by atoms with E-state index < -0.39 is 18.5 Å². The zero-order valence-corrected chi connectivity index (χ0v) is 20.6. The molecule has 1 N–H and O–H groups in total. The van der Waals surface area contributed by atoms with Crippen LogP contribution >= 0.6 is 11.6 Å². The quantitative estimate of drug-likeness (QED) is 0.404. The standard InChI is InChI=1S/C23H23ClN8O3/c1-12-8-13(2)26-23(25-12)32-19(10-15(4)30-32)27-20(33)11-35-22(34)21-17(24)6-7-18(28-21)31-16(5)9-14(3)29-31/h6-10H,11H2,1-5H3,(H,27,33). The SMILES string of the molecule is Cc1cc(C)nc(-n2nc(C)cc2NC(=O)COC(=O)c2nc(-n3nc(C)cc3C)ccc2Cl)n1. The van der Waals surface area contributed by atoms with Gasteiger partial charge in [0.1, 0.15) is 5.82 Å². The van der Waals surface area contributed by atoms with Crippen molar-refractivity contribution in [2.45, 2.75) is 34.6 Å². The molecule has 0 atom stereocenters. The van der Waals surface area contributed by atoms with Gasteiger partial charge in [0.15, 0.2) is 18.1 Å². The topological polar surface area (TPSA) is 130 Å². The maximum absolute atomic E-state index is 12.6. The minimum Gasteiger partial charge on any atom is -0.451 e. The number of carbonyl (C=O) groups excluding carboxylic acids is 2. The molecule has 0 aliphatic carbocycles. The monoisotopic (exact) mass is 494 g/mol. The number of esters is 1. The van der Waals surface area contributed by atoms with E-state index in [2.05, 4.69) is 30.5 Å². The number of aryl methyl sites for hydroxylation is 5. The predicted molar refractivity (Wildman–Crippen MR) is 128 cm³/mol. The van der Waals surface area contributed by atoms with Gasteiger partial charge in [0.25, 0.3) is 11.9 Å². The molecule has 0 saturated carbocycles. The number of pyridine rings is 1. The lowest BCUT2D eigenvalue weighted by atomic mass is 10.3. The highest BCUT2D eigenvalue weighted by Crippen LogP contribution is 2.19. The maximum atomic E-state index is 12.6. The Morgan fingerprint density at radius 3 is 2.20 bits per heavy atom. The van der Waals surface area contributed by atoms with Crippen LogP contribution in [-0.4, -0.2) is 53.0 Å². The number of hydrogen-bond acceptors (Lipinski definition) is 8. The maximum Gasteiger partial charge on any atom is 0.359 e. The number of anilines is 1. The van der Waals surface area contributed by atoms with E-state index >= 15 is 0 Å². The third-order valence-electron chi connectivity index (χ3n) is 4.84. The van der Waals surface area contributed by atoms with Crippen LogP contribution in [0.5, 0.6) is 0 Å². The van der Waals surface area contributed by atoms with Crippen molar-refractivity contribution in [1.29, 1.82) is 0 Å². The normalized spacial score (nSPS) is 10.9. The molecule has 0 aromatic carbocycles. The number of halogens is 1. The number of nitrogens with zero attached hydrogens (tertiary/aromatic N) is 7. The molecule has 4 aromatic heterocycles. The van der Waals surface area contributed by atoms with E-state index in [-0.39, 0.29) is 10.7 Å². The fraction of sp³-hybridized carbons (Fsp3) is 0.261. The van der Waals surface area contributed by atoms with E-state index in [0.717, 1.165) is 22.8 Å². The number of aromatic nitrogens is 7. The van der Waals surface area contributed by atoms with Crippen molar-refractivity contribution in [3.8, 4) is 11.8 Å². The Balaban J connectivity index is 1.47. The zero-order chi connectivity index (χ0) is 25.3. The lowest BCUT2D eigenvalue weighted by Gasteiger charge is -2.10. The van der Waals surface area contributed by atoms with Gasteiger partial charge in [-0.15, -0.1) is 0 Å². The molecule has 0 fully saturated rings. The van der Waals surface area contributed by atoms with Gasteiger partial charge in [-0.25, -0.2) is 24.4 Å². The number of carbonyl (C=O) groups is 2. The highest BCUT2D eigenvalue weighted by atomic mass is 35.5. The second kappa shape index (κ2) is 9.63. The summed E-state index contributed by atoms with van der Waals surface area (Å²) in [5, 5.41) is 11.5. The molecular weight excluding hydrogens is 472 g/mol. The fourth-order valence-corrected chi connectivity index (χ4v) is 3.66. The molecule has 180 valence electrons. The summed E-state index contributed by atoms with van der Waals surface area (Å²) in [4.78, 5) is 38.2. The molecular formula is C23H23ClN8O3. The summed E-state index contributed by atoms with van der Waals surface area (Å²) in [6.07, 6.45) is 0. The highest BCUT2D eigenvalue weighted by molar-refractivity contribution is 6.33.